The van der Waals surface area contributed by atoms with Crippen LogP contribution in [-0.4, -0.2) is 55.0 Å². The van der Waals surface area contributed by atoms with Gasteiger partial charge in [-0.3, -0.25) is 0 Å². The maximum absolute atomic E-state index is 10.6. The lowest BCUT2D eigenvalue weighted by molar-refractivity contribution is -0.0563. The Morgan fingerprint density at radius 1 is 1.05 bits per heavy atom. The van der Waals surface area contributed by atoms with Gasteiger partial charge < -0.3 is 25.5 Å². The lowest BCUT2D eigenvalue weighted by Crippen LogP contribution is -2.39. The van der Waals surface area contributed by atoms with Gasteiger partial charge in [0.2, 0.25) is 0 Å². The highest BCUT2D eigenvalue weighted by atomic mass is 16.3. The van der Waals surface area contributed by atoms with Crippen molar-refractivity contribution in [3.05, 3.63) is 35.5 Å². The first-order chi connectivity index (χ1) is 17.1. The molecule has 37 heavy (non-hydrogen) atoms. The van der Waals surface area contributed by atoms with E-state index in [1.807, 2.05) is 13.8 Å². The number of fused-ring (bicyclic) bond motifs is 1. The van der Waals surface area contributed by atoms with E-state index in [2.05, 4.69) is 25.7 Å². The Bertz CT molecular complexity index is 844. The number of aliphatic hydroxyl groups is 5. The molecule has 5 nitrogen and oxygen atoms in total. The predicted octanol–water partition coefficient (Wildman–Crippen LogP) is 5.60. The Balaban J connectivity index is 1.79. The van der Waals surface area contributed by atoms with E-state index in [4.69, 9.17) is 0 Å². The molecule has 0 spiro atoms. The Kier molecular flexibility index (Phi) is 9.94. The highest BCUT2D eigenvalue weighted by Crippen LogP contribution is 2.60. The quantitative estimate of drug-likeness (QED) is 0.259. The number of hydrogen-bond acceptors (Lipinski definition) is 5. The van der Waals surface area contributed by atoms with Crippen molar-refractivity contribution >= 4 is 0 Å². The van der Waals surface area contributed by atoms with Gasteiger partial charge in [-0.15, -0.1) is 0 Å². The van der Waals surface area contributed by atoms with Gasteiger partial charge in [-0.25, -0.2) is 0 Å². The van der Waals surface area contributed by atoms with Crippen LogP contribution in [0.5, 0.6) is 0 Å². The molecule has 3 saturated carbocycles. The van der Waals surface area contributed by atoms with Crippen molar-refractivity contribution in [2.24, 2.45) is 23.2 Å². The van der Waals surface area contributed by atoms with Crippen molar-refractivity contribution in [2.75, 3.05) is 0 Å². The van der Waals surface area contributed by atoms with E-state index in [0.29, 0.717) is 37.0 Å². The molecule has 0 bridgehead atoms. The molecule has 0 aliphatic heterocycles. The monoisotopic (exact) mass is 518 g/mol. The average Bonchev–Trinajstić information content (AvgIpc) is 3.13. The molecule has 3 aliphatic carbocycles. The minimum atomic E-state index is -1.10. The SMILES string of the molecule is C=C1C(=CC=C2CCC[C@]3(C)[C@@H]([C@H](CCCC(C)(C)O)CC[C@@H](O)C(C)(C)O)CC[C@@H]23)C[C@@H](O)C[C@@H]1O. The van der Waals surface area contributed by atoms with E-state index in [1.165, 1.54) is 24.8 Å². The molecule has 0 amide bonds. The molecule has 0 aromatic heterocycles. The summed E-state index contributed by atoms with van der Waals surface area (Å²) in [6.07, 6.45) is 13.4. The van der Waals surface area contributed by atoms with Gasteiger partial charge in [-0.1, -0.05) is 44.1 Å². The van der Waals surface area contributed by atoms with E-state index in [-0.39, 0.29) is 5.41 Å². The molecule has 3 rings (SSSR count). The summed E-state index contributed by atoms with van der Waals surface area (Å²) in [6.45, 7) is 13.7. The van der Waals surface area contributed by atoms with Crippen molar-refractivity contribution in [1.29, 1.82) is 0 Å². The molecule has 0 heterocycles. The van der Waals surface area contributed by atoms with Crippen LogP contribution in [0.3, 0.4) is 0 Å². The van der Waals surface area contributed by atoms with Gasteiger partial charge >= 0.3 is 0 Å². The second-order valence-corrected chi connectivity index (χ2v) is 13.9. The van der Waals surface area contributed by atoms with Gasteiger partial charge in [0.25, 0.3) is 0 Å². The fourth-order valence-corrected chi connectivity index (χ4v) is 7.59. The van der Waals surface area contributed by atoms with Gasteiger partial charge in [0.15, 0.2) is 0 Å². The summed E-state index contributed by atoms with van der Waals surface area (Å²) in [6, 6.07) is 0. The Hall–Kier alpha value is -0.980. The van der Waals surface area contributed by atoms with Crippen LogP contribution in [0.15, 0.2) is 35.5 Å². The Labute approximate surface area is 225 Å². The first-order valence-corrected chi connectivity index (χ1v) is 14.7. The topological polar surface area (TPSA) is 101 Å². The zero-order chi connectivity index (χ0) is 27.6. The molecule has 7 atom stereocenters. The second kappa shape index (κ2) is 12.0. The number of hydrogen-bond donors (Lipinski definition) is 5. The Morgan fingerprint density at radius 3 is 2.41 bits per heavy atom. The third kappa shape index (κ3) is 7.79. The van der Waals surface area contributed by atoms with E-state index >= 15 is 0 Å². The van der Waals surface area contributed by atoms with Crippen molar-refractivity contribution in [2.45, 2.75) is 141 Å². The van der Waals surface area contributed by atoms with Crippen LogP contribution in [0.2, 0.25) is 0 Å². The summed E-state index contributed by atoms with van der Waals surface area (Å²) in [7, 11) is 0. The summed E-state index contributed by atoms with van der Waals surface area (Å²) < 4.78 is 0. The maximum atomic E-state index is 10.6. The zero-order valence-electron chi connectivity index (χ0n) is 24.0. The summed E-state index contributed by atoms with van der Waals surface area (Å²) in [4.78, 5) is 0. The van der Waals surface area contributed by atoms with Crippen LogP contribution in [0, 0.1) is 23.2 Å². The Morgan fingerprint density at radius 2 is 1.76 bits per heavy atom. The summed E-state index contributed by atoms with van der Waals surface area (Å²) in [5.41, 5.74) is 1.62. The molecule has 0 saturated heterocycles. The van der Waals surface area contributed by atoms with E-state index in [9.17, 15) is 25.5 Å². The highest BCUT2D eigenvalue weighted by molar-refractivity contribution is 5.38. The van der Waals surface area contributed by atoms with Gasteiger partial charge in [-0.2, -0.15) is 0 Å². The van der Waals surface area contributed by atoms with E-state index in [1.54, 1.807) is 13.8 Å². The minimum Gasteiger partial charge on any atom is -0.393 e. The van der Waals surface area contributed by atoms with Crippen molar-refractivity contribution in [3.8, 4) is 0 Å². The number of aliphatic hydroxyl groups excluding tert-OH is 3. The van der Waals surface area contributed by atoms with Crippen molar-refractivity contribution < 1.29 is 25.5 Å². The summed E-state index contributed by atoms with van der Waals surface area (Å²) in [5.74, 6) is 1.53. The van der Waals surface area contributed by atoms with Crippen LogP contribution < -0.4 is 0 Å². The summed E-state index contributed by atoms with van der Waals surface area (Å²) >= 11 is 0. The fraction of sp³-hybridized carbons (Fsp3) is 0.812. The standard InChI is InChI=1S/C32H54O5/c1-21-24(19-25(33)20-28(21)34)12-11-22-10-8-18-32(6)26(22)14-15-27(32)23(9-7-17-30(2,3)36)13-16-29(35)31(4,5)37/h11-12,23,25-29,33-37H,1,7-10,13-20H2,2-6H3/t23-,25-,26+,27-,28+,29-,32+/m1/s1. The lowest BCUT2D eigenvalue weighted by atomic mass is 9.60. The minimum absolute atomic E-state index is 0.199. The smallest absolute Gasteiger partial charge is 0.0849 e. The molecule has 3 fully saturated rings. The molecular formula is C32H54O5. The van der Waals surface area contributed by atoms with E-state index in [0.717, 1.165) is 49.7 Å². The number of rotatable bonds is 10. The molecule has 0 unspecified atom stereocenters. The zero-order valence-corrected chi connectivity index (χ0v) is 24.0. The molecule has 3 aliphatic rings. The molecule has 5 heteroatoms. The molecule has 212 valence electrons. The van der Waals surface area contributed by atoms with Crippen LogP contribution in [0.1, 0.15) is 112 Å². The molecule has 0 radical (unpaired) electrons. The molecule has 0 aromatic carbocycles. The van der Waals surface area contributed by atoms with Crippen LogP contribution in [0.4, 0.5) is 0 Å². The second-order valence-electron chi connectivity index (χ2n) is 13.9. The highest BCUT2D eigenvalue weighted by Gasteiger charge is 2.51. The van der Waals surface area contributed by atoms with E-state index < -0.39 is 29.5 Å². The molecular weight excluding hydrogens is 464 g/mol. The van der Waals surface area contributed by atoms with Gasteiger partial charge in [0.05, 0.1) is 29.5 Å². The van der Waals surface area contributed by atoms with Crippen LogP contribution >= 0.6 is 0 Å². The first kappa shape index (κ1) is 30.6. The summed E-state index contributed by atoms with van der Waals surface area (Å²) in [5, 5.41) is 51.5. The average molecular weight is 519 g/mol. The first-order valence-electron chi connectivity index (χ1n) is 14.7. The van der Waals surface area contributed by atoms with Gasteiger partial charge in [0.1, 0.15) is 0 Å². The third-order valence-corrected chi connectivity index (χ3v) is 9.86. The third-order valence-electron chi connectivity index (χ3n) is 9.86. The van der Waals surface area contributed by atoms with Crippen molar-refractivity contribution in [1.82, 2.24) is 0 Å². The normalized spacial score (nSPS) is 35.1. The van der Waals surface area contributed by atoms with Gasteiger partial charge in [0, 0.05) is 6.42 Å². The number of allylic oxidation sites excluding steroid dienone is 3. The molecule has 5 N–H and O–H groups in total. The fourth-order valence-electron chi connectivity index (χ4n) is 7.59. The molecule has 0 aromatic rings. The van der Waals surface area contributed by atoms with Gasteiger partial charge in [-0.05, 0) is 120 Å². The van der Waals surface area contributed by atoms with Crippen LogP contribution in [-0.2, 0) is 0 Å². The van der Waals surface area contributed by atoms with Crippen molar-refractivity contribution in [3.63, 3.8) is 0 Å². The largest absolute Gasteiger partial charge is 0.393 e. The predicted molar refractivity (Wildman–Crippen MR) is 150 cm³/mol. The van der Waals surface area contributed by atoms with Crippen LogP contribution in [0.25, 0.3) is 0 Å². The maximum Gasteiger partial charge on any atom is 0.0849 e. The lowest BCUT2D eigenvalue weighted by Gasteiger charge is -2.45.